The molecule has 0 unspecified atom stereocenters. The smallest absolute Gasteiger partial charge is 0.234 e. The highest BCUT2D eigenvalue weighted by Crippen LogP contribution is 2.18. The summed E-state index contributed by atoms with van der Waals surface area (Å²) in [6.45, 7) is 0.693. The molecule has 0 saturated carbocycles. The van der Waals surface area contributed by atoms with Gasteiger partial charge < -0.3 is 9.88 Å². The SMILES string of the molecule is O=C(CSc1nccn1Cc1ccccc1)Nc1ccccc1F. The lowest BCUT2D eigenvalue weighted by atomic mass is 10.2. The number of hydrogen-bond acceptors (Lipinski definition) is 3. The van der Waals surface area contributed by atoms with Gasteiger partial charge in [-0.1, -0.05) is 54.2 Å². The topological polar surface area (TPSA) is 46.9 Å². The van der Waals surface area contributed by atoms with Crippen LogP contribution in [-0.4, -0.2) is 21.2 Å². The molecule has 4 nitrogen and oxygen atoms in total. The van der Waals surface area contributed by atoms with Crippen molar-refractivity contribution in [3.8, 4) is 0 Å². The van der Waals surface area contributed by atoms with Gasteiger partial charge in [-0.15, -0.1) is 0 Å². The molecule has 0 atom stereocenters. The van der Waals surface area contributed by atoms with Gasteiger partial charge in [0.1, 0.15) is 5.82 Å². The molecule has 0 aliphatic rings. The van der Waals surface area contributed by atoms with Crippen LogP contribution in [0.15, 0.2) is 72.1 Å². The van der Waals surface area contributed by atoms with E-state index in [0.717, 1.165) is 10.7 Å². The summed E-state index contributed by atoms with van der Waals surface area (Å²) >= 11 is 1.32. The zero-order valence-electron chi connectivity index (χ0n) is 12.9. The van der Waals surface area contributed by atoms with E-state index in [1.54, 1.807) is 18.3 Å². The van der Waals surface area contributed by atoms with Crippen LogP contribution in [0.1, 0.15) is 5.56 Å². The zero-order chi connectivity index (χ0) is 16.8. The maximum Gasteiger partial charge on any atom is 0.234 e. The number of benzene rings is 2. The van der Waals surface area contributed by atoms with Gasteiger partial charge in [0.25, 0.3) is 0 Å². The molecule has 1 amide bonds. The number of thioether (sulfide) groups is 1. The molecule has 0 bridgehead atoms. The van der Waals surface area contributed by atoms with Gasteiger partial charge in [-0.25, -0.2) is 9.37 Å². The number of rotatable bonds is 6. The van der Waals surface area contributed by atoms with Crippen LogP contribution in [0.25, 0.3) is 0 Å². The fourth-order valence-corrected chi connectivity index (χ4v) is 2.97. The van der Waals surface area contributed by atoms with Crippen LogP contribution >= 0.6 is 11.8 Å². The van der Waals surface area contributed by atoms with E-state index in [9.17, 15) is 9.18 Å². The number of nitrogens with one attached hydrogen (secondary N) is 1. The Labute approximate surface area is 143 Å². The van der Waals surface area contributed by atoms with Gasteiger partial charge in [0, 0.05) is 18.9 Å². The lowest BCUT2D eigenvalue weighted by Crippen LogP contribution is -2.15. The van der Waals surface area contributed by atoms with Crippen molar-refractivity contribution < 1.29 is 9.18 Å². The minimum Gasteiger partial charge on any atom is -0.323 e. The molecule has 6 heteroatoms. The molecule has 1 heterocycles. The standard InChI is InChI=1S/C18H16FN3OS/c19-15-8-4-5-9-16(15)21-17(23)13-24-18-20-10-11-22(18)12-14-6-2-1-3-7-14/h1-11H,12-13H2,(H,21,23). The van der Waals surface area contributed by atoms with Gasteiger partial charge >= 0.3 is 0 Å². The van der Waals surface area contributed by atoms with Gasteiger partial charge in [-0.05, 0) is 17.7 Å². The van der Waals surface area contributed by atoms with Crippen molar-refractivity contribution >= 4 is 23.4 Å². The summed E-state index contributed by atoms with van der Waals surface area (Å²) in [5.41, 5.74) is 1.35. The van der Waals surface area contributed by atoms with Crippen molar-refractivity contribution in [2.75, 3.05) is 11.1 Å². The van der Waals surface area contributed by atoms with Crippen LogP contribution in [0, 0.1) is 5.82 Å². The van der Waals surface area contributed by atoms with Gasteiger partial charge in [0.2, 0.25) is 5.91 Å². The molecule has 1 N–H and O–H groups in total. The molecule has 0 saturated heterocycles. The third-order valence-corrected chi connectivity index (χ3v) is 4.36. The first-order valence-electron chi connectivity index (χ1n) is 7.44. The van der Waals surface area contributed by atoms with E-state index in [2.05, 4.69) is 10.3 Å². The van der Waals surface area contributed by atoms with Crippen LogP contribution in [0.4, 0.5) is 10.1 Å². The van der Waals surface area contributed by atoms with E-state index in [-0.39, 0.29) is 17.3 Å². The van der Waals surface area contributed by atoms with Crippen LogP contribution < -0.4 is 5.32 Å². The Kier molecular flexibility index (Phi) is 5.28. The predicted molar refractivity (Wildman–Crippen MR) is 93.5 cm³/mol. The summed E-state index contributed by atoms with van der Waals surface area (Å²) in [7, 11) is 0. The maximum atomic E-state index is 13.5. The first-order valence-corrected chi connectivity index (χ1v) is 8.43. The number of carbonyl (C=O) groups excluding carboxylic acids is 1. The molecule has 0 aliphatic carbocycles. The van der Waals surface area contributed by atoms with Crippen molar-refractivity contribution in [3.05, 3.63) is 78.4 Å². The average Bonchev–Trinajstić information content (AvgIpc) is 3.03. The first kappa shape index (κ1) is 16.3. The highest BCUT2D eigenvalue weighted by atomic mass is 32.2. The molecule has 122 valence electrons. The number of anilines is 1. The first-order chi connectivity index (χ1) is 11.7. The Balaban J connectivity index is 1.58. The minimum absolute atomic E-state index is 0.167. The lowest BCUT2D eigenvalue weighted by molar-refractivity contribution is -0.113. The van der Waals surface area contributed by atoms with Crippen molar-refractivity contribution in [3.63, 3.8) is 0 Å². The number of halogens is 1. The second-order valence-corrected chi connectivity index (χ2v) is 6.08. The summed E-state index contributed by atoms with van der Waals surface area (Å²) in [5.74, 6) is -0.541. The molecule has 0 aliphatic heterocycles. The Hall–Kier alpha value is -2.60. The highest BCUT2D eigenvalue weighted by Gasteiger charge is 2.10. The van der Waals surface area contributed by atoms with E-state index in [4.69, 9.17) is 0 Å². The predicted octanol–water partition coefficient (Wildman–Crippen LogP) is 3.80. The summed E-state index contributed by atoms with van der Waals surface area (Å²) < 4.78 is 15.5. The Morgan fingerprint density at radius 1 is 1.12 bits per heavy atom. The molecule has 3 rings (SSSR count). The van der Waals surface area contributed by atoms with Gasteiger partial charge in [0.15, 0.2) is 5.16 Å². The monoisotopic (exact) mass is 341 g/mol. The Bertz CT molecular complexity index is 820. The number of aromatic nitrogens is 2. The third-order valence-electron chi connectivity index (χ3n) is 3.35. The maximum absolute atomic E-state index is 13.5. The number of hydrogen-bond donors (Lipinski definition) is 1. The number of carbonyl (C=O) groups is 1. The molecule has 1 aromatic heterocycles. The van der Waals surface area contributed by atoms with Crippen molar-refractivity contribution in [1.29, 1.82) is 0 Å². The number of para-hydroxylation sites is 1. The Morgan fingerprint density at radius 2 is 1.88 bits per heavy atom. The van der Waals surface area contributed by atoms with Crippen molar-refractivity contribution in [1.82, 2.24) is 9.55 Å². The molecule has 24 heavy (non-hydrogen) atoms. The zero-order valence-corrected chi connectivity index (χ0v) is 13.7. The second-order valence-electron chi connectivity index (χ2n) is 5.14. The van der Waals surface area contributed by atoms with Gasteiger partial charge in [0.05, 0.1) is 11.4 Å². The largest absolute Gasteiger partial charge is 0.323 e. The minimum atomic E-state index is -0.443. The fraction of sp³-hybridized carbons (Fsp3) is 0.111. The molecule has 0 fully saturated rings. The van der Waals surface area contributed by atoms with E-state index < -0.39 is 5.82 Å². The summed E-state index contributed by atoms with van der Waals surface area (Å²) in [5, 5.41) is 3.32. The normalized spacial score (nSPS) is 10.5. The Morgan fingerprint density at radius 3 is 2.67 bits per heavy atom. The van der Waals surface area contributed by atoms with Crippen LogP contribution in [0.2, 0.25) is 0 Å². The molecular weight excluding hydrogens is 325 g/mol. The molecular formula is C18H16FN3OS. The van der Waals surface area contributed by atoms with Crippen LogP contribution in [0.3, 0.4) is 0 Å². The number of imidazole rings is 1. The second kappa shape index (κ2) is 7.79. The third kappa shape index (κ3) is 4.23. The quantitative estimate of drug-likeness (QED) is 0.694. The molecule has 2 aromatic carbocycles. The van der Waals surface area contributed by atoms with E-state index in [1.165, 1.54) is 23.9 Å². The summed E-state index contributed by atoms with van der Waals surface area (Å²) in [6.07, 6.45) is 3.59. The molecule has 3 aromatic rings. The van der Waals surface area contributed by atoms with Crippen molar-refractivity contribution in [2.24, 2.45) is 0 Å². The summed E-state index contributed by atoms with van der Waals surface area (Å²) in [6, 6.07) is 16.1. The summed E-state index contributed by atoms with van der Waals surface area (Å²) in [4.78, 5) is 16.3. The highest BCUT2D eigenvalue weighted by molar-refractivity contribution is 7.99. The molecule has 0 radical (unpaired) electrons. The van der Waals surface area contributed by atoms with Crippen LogP contribution in [0.5, 0.6) is 0 Å². The lowest BCUT2D eigenvalue weighted by Gasteiger charge is -2.08. The van der Waals surface area contributed by atoms with E-state index >= 15 is 0 Å². The number of nitrogens with zero attached hydrogens (tertiary/aromatic N) is 2. The van der Waals surface area contributed by atoms with Crippen molar-refractivity contribution in [2.45, 2.75) is 11.7 Å². The van der Waals surface area contributed by atoms with Gasteiger partial charge in [-0.3, -0.25) is 4.79 Å². The van der Waals surface area contributed by atoms with Gasteiger partial charge in [-0.2, -0.15) is 0 Å². The number of amides is 1. The molecule has 0 spiro atoms. The average molecular weight is 341 g/mol. The van der Waals surface area contributed by atoms with Crippen LogP contribution in [-0.2, 0) is 11.3 Å². The van der Waals surface area contributed by atoms with E-state index in [0.29, 0.717) is 6.54 Å². The fourth-order valence-electron chi connectivity index (χ4n) is 2.22. The van der Waals surface area contributed by atoms with E-state index in [1.807, 2.05) is 41.1 Å².